The molecular weight excluding hydrogens is 464 g/mol. The summed E-state index contributed by atoms with van der Waals surface area (Å²) in [6.45, 7) is 0.588. The Morgan fingerprint density at radius 1 is 1.00 bits per heavy atom. The van der Waals surface area contributed by atoms with Crippen LogP contribution in [0.2, 0.25) is 0 Å². The molecule has 0 aliphatic heterocycles. The summed E-state index contributed by atoms with van der Waals surface area (Å²) in [5.74, 6) is 1.01. The predicted octanol–water partition coefficient (Wildman–Crippen LogP) is 4.62. The number of carbonyl (C=O) groups is 2. The fraction of sp³-hybridized carbons (Fsp3) is 0.174. The van der Waals surface area contributed by atoms with Crippen LogP contribution in [0.1, 0.15) is 15.9 Å². The van der Waals surface area contributed by atoms with E-state index in [0.29, 0.717) is 35.1 Å². The Morgan fingerprint density at radius 3 is 2.42 bits per heavy atom. The van der Waals surface area contributed by atoms with E-state index < -0.39 is 5.97 Å². The zero-order valence-electron chi connectivity index (χ0n) is 16.8. The average Bonchev–Trinajstić information content (AvgIpc) is 2.79. The predicted molar refractivity (Wildman–Crippen MR) is 120 cm³/mol. The molecule has 1 amide bonds. The number of para-hydroxylation sites is 1. The van der Waals surface area contributed by atoms with Crippen LogP contribution < -0.4 is 14.8 Å². The van der Waals surface area contributed by atoms with Crippen LogP contribution >= 0.6 is 15.9 Å². The summed E-state index contributed by atoms with van der Waals surface area (Å²) in [6, 6.07) is 17.4. The third-order valence-electron chi connectivity index (χ3n) is 4.16. The van der Waals surface area contributed by atoms with E-state index in [1.54, 1.807) is 54.7 Å². The molecule has 3 rings (SSSR count). The van der Waals surface area contributed by atoms with E-state index in [1.807, 2.05) is 12.1 Å². The van der Waals surface area contributed by atoms with Crippen LogP contribution in [0, 0.1) is 0 Å². The quantitative estimate of drug-likeness (QED) is 0.352. The molecule has 1 heterocycles. The van der Waals surface area contributed by atoms with Crippen molar-refractivity contribution < 1.29 is 23.8 Å². The van der Waals surface area contributed by atoms with Gasteiger partial charge in [0.1, 0.15) is 11.5 Å². The van der Waals surface area contributed by atoms with Gasteiger partial charge < -0.3 is 19.5 Å². The van der Waals surface area contributed by atoms with E-state index in [2.05, 4.69) is 26.2 Å². The van der Waals surface area contributed by atoms with Crippen LogP contribution in [0.15, 0.2) is 66.9 Å². The molecule has 8 heteroatoms. The molecule has 0 fully saturated rings. The number of aromatic nitrogens is 1. The molecule has 1 aromatic heterocycles. The number of hydrogen-bond donors (Lipinski definition) is 1. The van der Waals surface area contributed by atoms with E-state index in [-0.39, 0.29) is 12.3 Å². The van der Waals surface area contributed by atoms with Crippen molar-refractivity contribution in [1.82, 2.24) is 4.98 Å². The van der Waals surface area contributed by atoms with Gasteiger partial charge in [0.25, 0.3) is 0 Å². The molecule has 0 spiro atoms. The van der Waals surface area contributed by atoms with Gasteiger partial charge in [-0.25, -0.2) is 9.78 Å². The second kappa shape index (κ2) is 11.1. The van der Waals surface area contributed by atoms with E-state index >= 15 is 0 Å². The van der Waals surface area contributed by atoms with E-state index in [9.17, 15) is 9.59 Å². The molecule has 0 aliphatic carbocycles. The number of pyridine rings is 1. The SMILES string of the molecule is COC(=O)c1ccccc1NC(=O)Cc1ccc(Oc2ccc(OCCBr)cc2)nc1. The number of anilines is 1. The first kappa shape index (κ1) is 22.3. The van der Waals surface area contributed by atoms with Crippen molar-refractivity contribution in [3.8, 4) is 17.4 Å². The molecule has 0 radical (unpaired) electrons. The summed E-state index contributed by atoms with van der Waals surface area (Å²) < 4.78 is 16.0. The molecular formula is C23H21BrN2O5. The highest BCUT2D eigenvalue weighted by molar-refractivity contribution is 9.09. The van der Waals surface area contributed by atoms with Crippen molar-refractivity contribution >= 4 is 33.5 Å². The average molecular weight is 485 g/mol. The second-order valence-electron chi connectivity index (χ2n) is 6.38. The molecule has 0 aliphatic rings. The first-order valence-corrected chi connectivity index (χ1v) is 10.6. The third-order valence-corrected chi connectivity index (χ3v) is 4.48. The van der Waals surface area contributed by atoms with Gasteiger partial charge >= 0.3 is 5.97 Å². The number of amides is 1. The minimum Gasteiger partial charge on any atom is -0.493 e. The summed E-state index contributed by atoms with van der Waals surface area (Å²) in [5.41, 5.74) is 1.40. The van der Waals surface area contributed by atoms with E-state index in [4.69, 9.17) is 14.2 Å². The molecule has 1 N–H and O–H groups in total. The van der Waals surface area contributed by atoms with Crippen LogP contribution in [0.4, 0.5) is 5.69 Å². The zero-order valence-corrected chi connectivity index (χ0v) is 18.4. The highest BCUT2D eigenvalue weighted by Crippen LogP contribution is 2.23. The summed E-state index contributed by atoms with van der Waals surface area (Å²) >= 11 is 3.31. The van der Waals surface area contributed by atoms with Gasteiger partial charge in [-0.15, -0.1) is 0 Å². The highest BCUT2D eigenvalue weighted by atomic mass is 79.9. The van der Waals surface area contributed by atoms with Crippen molar-refractivity contribution in [3.05, 3.63) is 78.0 Å². The molecule has 0 bridgehead atoms. The Labute approximate surface area is 188 Å². The fourth-order valence-corrected chi connectivity index (χ4v) is 2.88. The maximum Gasteiger partial charge on any atom is 0.339 e. The van der Waals surface area contributed by atoms with Gasteiger partial charge in [0.05, 0.1) is 31.4 Å². The molecule has 2 aromatic carbocycles. The van der Waals surface area contributed by atoms with Crippen LogP contribution in [-0.4, -0.2) is 35.9 Å². The van der Waals surface area contributed by atoms with Crippen molar-refractivity contribution in [2.24, 2.45) is 0 Å². The number of carbonyl (C=O) groups excluding carboxylic acids is 2. The van der Waals surface area contributed by atoms with Crippen molar-refractivity contribution in [2.45, 2.75) is 6.42 Å². The van der Waals surface area contributed by atoms with Gasteiger partial charge in [-0.1, -0.05) is 34.1 Å². The monoisotopic (exact) mass is 484 g/mol. The Bertz CT molecular complexity index is 1020. The van der Waals surface area contributed by atoms with Gasteiger partial charge in [-0.05, 0) is 42.0 Å². The largest absolute Gasteiger partial charge is 0.493 e. The maximum absolute atomic E-state index is 12.4. The lowest BCUT2D eigenvalue weighted by atomic mass is 10.1. The number of methoxy groups -OCH3 is 1. The van der Waals surface area contributed by atoms with Crippen LogP contribution in [0.3, 0.4) is 0 Å². The number of esters is 1. The van der Waals surface area contributed by atoms with E-state index in [0.717, 1.165) is 11.1 Å². The lowest BCUT2D eigenvalue weighted by molar-refractivity contribution is -0.115. The number of ether oxygens (including phenoxy) is 3. The Hall–Kier alpha value is -3.39. The summed E-state index contributed by atoms with van der Waals surface area (Å²) in [6.07, 6.45) is 1.68. The topological polar surface area (TPSA) is 86.8 Å². The molecule has 7 nitrogen and oxygen atoms in total. The number of benzene rings is 2. The lowest BCUT2D eigenvalue weighted by Crippen LogP contribution is -2.17. The highest BCUT2D eigenvalue weighted by Gasteiger charge is 2.13. The van der Waals surface area contributed by atoms with Crippen LogP contribution in [-0.2, 0) is 16.0 Å². The minimum atomic E-state index is -0.512. The Kier molecular flexibility index (Phi) is 8.00. The van der Waals surface area contributed by atoms with Gasteiger partial charge in [0.2, 0.25) is 11.8 Å². The number of rotatable bonds is 9. The Balaban J connectivity index is 1.57. The summed E-state index contributed by atoms with van der Waals surface area (Å²) in [7, 11) is 1.29. The molecule has 0 unspecified atom stereocenters. The Morgan fingerprint density at radius 2 is 1.74 bits per heavy atom. The third kappa shape index (κ3) is 6.55. The zero-order chi connectivity index (χ0) is 22.1. The van der Waals surface area contributed by atoms with Gasteiger partial charge in [-0.2, -0.15) is 0 Å². The molecule has 0 saturated heterocycles. The number of halogens is 1. The molecule has 31 heavy (non-hydrogen) atoms. The molecule has 3 aromatic rings. The smallest absolute Gasteiger partial charge is 0.339 e. The summed E-state index contributed by atoms with van der Waals surface area (Å²) in [4.78, 5) is 28.5. The van der Waals surface area contributed by atoms with Gasteiger partial charge in [0.15, 0.2) is 0 Å². The molecule has 160 valence electrons. The van der Waals surface area contributed by atoms with Gasteiger partial charge in [0, 0.05) is 17.6 Å². The van der Waals surface area contributed by atoms with Crippen LogP contribution in [0.5, 0.6) is 17.4 Å². The first-order valence-electron chi connectivity index (χ1n) is 9.48. The number of nitrogens with one attached hydrogen (secondary N) is 1. The van der Waals surface area contributed by atoms with Crippen LogP contribution in [0.25, 0.3) is 0 Å². The second-order valence-corrected chi connectivity index (χ2v) is 7.17. The fourth-order valence-electron chi connectivity index (χ4n) is 2.72. The maximum atomic E-state index is 12.4. The van der Waals surface area contributed by atoms with Crippen molar-refractivity contribution in [3.63, 3.8) is 0 Å². The number of alkyl halides is 1. The lowest BCUT2D eigenvalue weighted by Gasteiger charge is -2.10. The van der Waals surface area contributed by atoms with Gasteiger partial charge in [-0.3, -0.25) is 4.79 Å². The normalized spacial score (nSPS) is 10.3. The number of hydrogen-bond acceptors (Lipinski definition) is 6. The van der Waals surface area contributed by atoms with Crippen molar-refractivity contribution in [2.75, 3.05) is 24.4 Å². The molecule has 0 saturated carbocycles. The minimum absolute atomic E-state index is 0.0996. The standard InChI is InChI=1S/C23H21BrN2O5/c1-29-23(28)19-4-2-3-5-20(19)26-21(27)14-16-6-11-22(25-15-16)31-18-9-7-17(8-10-18)30-13-12-24/h2-11,15H,12-14H2,1H3,(H,26,27). The summed E-state index contributed by atoms with van der Waals surface area (Å²) in [5, 5.41) is 3.50. The first-order chi connectivity index (χ1) is 15.1. The van der Waals surface area contributed by atoms with Crippen molar-refractivity contribution in [1.29, 1.82) is 0 Å². The molecule has 0 atom stereocenters. The van der Waals surface area contributed by atoms with E-state index in [1.165, 1.54) is 7.11 Å². The number of nitrogens with zero attached hydrogens (tertiary/aromatic N) is 1.